The van der Waals surface area contributed by atoms with Crippen LogP contribution in [0.2, 0.25) is 5.02 Å². The Labute approximate surface area is 247 Å². The fourth-order valence-electron chi connectivity index (χ4n) is 5.55. The van der Waals surface area contributed by atoms with Crippen LogP contribution in [-0.4, -0.2) is 55.7 Å². The van der Waals surface area contributed by atoms with Gasteiger partial charge in [-0.3, -0.25) is 13.9 Å². The van der Waals surface area contributed by atoms with Crippen LogP contribution in [0, 0.1) is 20.8 Å². The van der Waals surface area contributed by atoms with Crippen molar-refractivity contribution in [2.45, 2.75) is 46.4 Å². The first-order valence-corrected chi connectivity index (χ1v) is 13.9. The van der Waals surface area contributed by atoms with Gasteiger partial charge in [0.1, 0.15) is 30.0 Å². The quantitative estimate of drug-likeness (QED) is 0.312. The van der Waals surface area contributed by atoms with Gasteiger partial charge < -0.3 is 24.6 Å². The van der Waals surface area contributed by atoms with E-state index in [2.05, 4.69) is 10.5 Å². The topological polar surface area (TPSA) is 141 Å². The second-order valence-electron chi connectivity index (χ2n) is 10.6. The van der Waals surface area contributed by atoms with Crippen molar-refractivity contribution in [2.24, 2.45) is 14.1 Å². The average Bonchev–Trinajstić information content (AvgIpc) is 3.48. The van der Waals surface area contributed by atoms with Gasteiger partial charge in [0.15, 0.2) is 5.82 Å². The van der Waals surface area contributed by atoms with Gasteiger partial charge >= 0.3 is 5.69 Å². The highest BCUT2D eigenvalue weighted by molar-refractivity contribution is 6.33. The fourth-order valence-corrected chi connectivity index (χ4v) is 5.75. The third-order valence-corrected chi connectivity index (χ3v) is 8.05. The van der Waals surface area contributed by atoms with Crippen molar-refractivity contribution in [3.8, 4) is 28.4 Å². The Morgan fingerprint density at radius 1 is 1.19 bits per heavy atom. The summed E-state index contributed by atoms with van der Waals surface area (Å²) in [5.41, 5.74) is 3.79. The molecule has 2 atom stereocenters. The molecule has 1 aliphatic heterocycles. The van der Waals surface area contributed by atoms with Crippen molar-refractivity contribution in [2.75, 3.05) is 25.1 Å². The van der Waals surface area contributed by atoms with Crippen molar-refractivity contribution in [3.63, 3.8) is 0 Å². The maximum Gasteiger partial charge on any atom is 0.330 e. The van der Waals surface area contributed by atoms with Crippen LogP contribution in [0.25, 0.3) is 22.6 Å². The predicted molar refractivity (Wildman–Crippen MR) is 159 cm³/mol. The Morgan fingerprint density at radius 3 is 2.60 bits per heavy atom. The van der Waals surface area contributed by atoms with E-state index in [0.717, 1.165) is 15.7 Å². The lowest BCUT2D eigenvalue weighted by atomic mass is 10.0. The molecule has 4 aromatic rings. The summed E-state index contributed by atoms with van der Waals surface area (Å²) >= 11 is 6.69. The van der Waals surface area contributed by atoms with Crippen LogP contribution < -0.4 is 26.2 Å². The number of hydrogen-bond acceptors (Lipinski definition) is 10. The van der Waals surface area contributed by atoms with E-state index < -0.39 is 6.10 Å². The van der Waals surface area contributed by atoms with Crippen molar-refractivity contribution in [3.05, 3.63) is 72.3 Å². The maximum atomic E-state index is 13.1. The molecule has 1 unspecified atom stereocenters. The van der Waals surface area contributed by atoms with E-state index in [-0.39, 0.29) is 30.4 Å². The second-order valence-corrected chi connectivity index (χ2v) is 11.0. The minimum atomic E-state index is -0.690. The SMILES string of the molecule is CNC[C@@H](O)COc1ccc(Cl)c(-c2nc(-c3c(C)noc3C)c(C)c(N3Cc4c(n(C)c(=O)n(C)c4=O)C3C)n2)c1. The second kappa shape index (κ2) is 11.3. The molecule has 0 radical (unpaired) electrons. The Bertz CT molecular complexity index is 1780. The monoisotopic (exact) mass is 595 g/mol. The zero-order valence-electron chi connectivity index (χ0n) is 24.6. The van der Waals surface area contributed by atoms with Gasteiger partial charge in [-0.2, -0.15) is 0 Å². The lowest BCUT2D eigenvalue weighted by Gasteiger charge is -2.26. The molecule has 12 nitrogen and oxygen atoms in total. The summed E-state index contributed by atoms with van der Waals surface area (Å²) in [6.45, 7) is 8.26. The van der Waals surface area contributed by atoms with Crippen molar-refractivity contribution >= 4 is 17.4 Å². The van der Waals surface area contributed by atoms with E-state index in [1.54, 1.807) is 32.3 Å². The van der Waals surface area contributed by atoms with E-state index >= 15 is 0 Å². The van der Waals surface area contributed by atoms with Crippen LogP contribution in [0.1, 0.15) is 41.2 Å². The highest BCUT2D eigenvalue weighted by atomic mass is 35.5. The lowest BCUT2D eigenvalue weighted by molar-refractivity contribution is 0.108. The highest BCUT2D eigenvalue weighted by Crippen LogP contribution is 2.41. The molecule has 1 aromatic carbocycles. The zero-order valence-corrected chi connectivity index (χ0v) is 25.4. The summed E-state index contributed by atoms with van der Waals surface area (Å²) in [7, 11) is 4.91. The summed E-state index contributed by atoms with van der Waals surface area (Å²) in [5.74, 6) is 2.01. The molecule has 13 heteroatoms. The third kappa shape index (κ3) is 4.99. The summed E-state index contributed by atoms with van der Waals surface area (Å²) in [6.07, 6.45) is -0.690. The van der Waals surface area contributed by atoms with E-state index in [1.165, 1.54) is 11.6 Å². The molecule has 4 heterocycles. The van der Waals surface area contributed by atoms with Crippen molar-refractivity contribution < 1.29 is 14.4 Å². The summed E-state index contributed by atoms with van der Waals surface area (Å²) in [5, 5.41) is 17.6. The predicted octanol–water partition coefficient (Wildman–Crippen LogP) is 2.81. The van der Waals surface area contributed by atoms with Crippen molar-refractivity contribution in [1.29, 1.82) is 0 Å². The standard InChI is InChI=1S/C29H34ClN7O5/c1-14-24(23-15(2)34-42-17(23)4)32-26(20-10-19(8-9-22(20)30)41-13-18(38)11-31-5)33-27(14)37-12-21-25(16(37)3)35(6)29(40)36(7)28(21)39/h8-10,16,18,31,38H,11-13H2,1-7H3/t16?,18-/m1/s1. The number of aryl methyl sites for hydroxylation is 2. The number of fused-ring (bicyclic) bond motifs is 1. The van der Waals surface area contributed by atoms with Gasteiger partial charge in [0.05, 0.1) is 45.8 Å². The molecule has 0 bridgehead atoms. The molecule has 2 N–H and O–H groups in total. The maximum absolute atomic E-state index is 13.1. The number of aromatic nitrogens is 5. The number of aliphatic hydroxyl groups is 1. The first kappa shape index (κ1) is 29.5. The Hall–Kier alpha value is -4.00. The Balaban J connectivity index is 1.68. The number of halogens is 1. The van der Waals surface area contributed by atoms with Crippen molar-refractivity contribution in [1.82, 2.24) is 29.6 Å². The zero-order chi connectivity index (χ0) is 30.5. The summed E-state index contributed by atoms with van der Waals surface area (Å²) < 4.78 is 14.0. The van der Waals surface area contributed by atoms with E-state index in [0.29, 0.717) is 62.9 Å². The van der Waals surface area contributed by atoms with Crippen LogP contribution in [-0.2, 0) is 20.6 Å². The van der Waals surface area contributed by atoms with Gasteiger partial charge in [0.2, 0.25) is 0 Å². The number of rotatable bonds is 8. The number of anilines is 1. The molecule has 5 rings (SSSR count). The number of nitrogens with one attached hydrogen (secondary N) is 1. The minimum absolute atomic E-state index is 0.0868. The molecule has 42 heavy (non-hydrogen) atoms. The van der Waals surface area contributed by atoms with Gasteiger partial charge in [-0.1, -0.05) is 16.8 Å². The van der Waals surface area contributed by atoms with Gasteiger partial charge in [0, 0.05) is 31.8 Å². The molecular weight excluding hydrogens is 562 g/mol. The molecule has 222 valence electrons. The van der Waals surface area contributed by atoms with Crippen LogP contribution in [0.15, 0.2) is 32.3 Å². The van der Waals surface area contributed by atoms with E-state index in [9.17, 15) is 14.7 Å². The smallest absolute Gasteiger partial charge is 0.330 e. The molecule has 0 spiro atoms. The first-order valence-electron chi connectivity index (χ1n) is 13.6. The normalized spacial score (nSPS) is 15.3. The molecule has 0 saturated heterocycles. The Kier molecular flexibility index (Phi) is 7.97. The van der Waals surface area contributed by atoms with Crippen LogP contribution in [0.3, 0.4) is 0 Å². The Morgan fingerprint density at radius 2 is 1.93 bits per heavy atom. The van der Waals surface area contributed by atoms with Gasteiger partial charge in [-0.15, -0.1) is 0 Å². The van der Waals surface area contributed by atoms with Crippen LogP contribution in [0.4, 0.5) is 5.82 Å². The highest BCUT2D eigenvalue weighted by Gasteiger charge is 2.35. The summed E-state index contributed by atoms with van der Waals surface area (Å²) in [6, 6.07) is 4.83. The van der Waals surface area contributed by atoms with Gasteiger partial charge in [-0.25, -0.2) is 14.8 Å². The largest absolute Gasteiger partial charge is 0.491 e. The third-order valence-electron chi connectivity index (χ3n) is 7.72. The molecule has 0 aliphatic carbocycles. The molecule has 0 saturated carbocycles. The molecule has 0 amide bonds. The molecule has 0 fully saturated rings. The number of hydrogen-bond donors (Lipinski definition) is 2. The van der Waals surface area contributed by atoms with Gasteiger partial charge in [0.25, 0.3) is 5.56 Å². The number of nitrogens with zero attached hydrogens (tertiary/aromatic N) is 6. The fraction of sp³-hybridized carbons (Fsp3) is 0.414. The molecule has 1 aliphatic rings. The molecular formula is C29H34ClN7O5. The van der Waals surface area contributed by atoms with Crippen LogP contribution in [0.5, 0.6) is 5.75 Å². The van der Waals surface area contributed by atoms with Crippen LogP contribution >= 0.6 is 11.6 Å². The number of aliphatic hydroxyl groups excluding tert-OH is 1. The minimum Gasteiger partial charge on any atom is -0.491 e. The first-order chi connectivity index (χ1) is 19.9. The number of ether oxygens (including phenoxy) is 1. The van der Waals surface area contributed by atoms with E-state index in [1.807, 2.05) is 32.6 Å². The summed E-state index contributed by atoms with van der Waals surface area (Å²) in [4.78, 5) is 37.8. The van der Waals surface area contributed by atoms with Gasteiger partial charge in [-0.05, 0) is 52.9 Å². The average molecular weight is 596 g/mol. The number of likely N-dealkylation sites (N-methyl/N-ethyl adjacent to an activating group) is 1. The lowest BCUT2D eigenvalue weighted by Crippen LogP contribution is -2.40. The van der Waals surface area contributed by atoms with E-state index in [4.69, 9.17) is 30.8 Å². The molecule has 3 aromatic heterocycles. The number of benzene rings is 1.